The van der Waals surface area contributed by atoms with E-state index in [4.69, 9.17) is 5.73 Å². The lowest BCUT2D eigenvalue weighted by molar-refractivity contribution is 0.734. The monoisotopic (exact) mass is 441 g/mol. The Morgan fingerprint density at radius 1 is 1.33 bits per heavy atom. The third kappa shape index (κ3) is 6.51. The average molecular weight is 441 g/mol. The van der Waals surface area contributed by atoms with Gasteiger partial charge in [-0.25, -0.2) is 0 Å². The molecule has 0 amide bonds. The molecule has 0 spiro atoms. The van der Waals surface area contributed by atoms with Crippen LogP contribution in [0.1, 0.15) is 43.7 Å². The van der Waals surface area contributed by atoms with E-state index in [2.05, 4.69) is 53.5 Å². The minimum absolute atomic E-state index is 0. The number of nitrogens with one attached hydrogen (secondary N) is 1. The summed E-state index contributed by atoms with van der Waals surface area (Å²) in [5, 5.41) is 7.30. The van der Waals surface area contributed by atoms with Crippen molar-refractivity contribution in [1.82, 2.24) is 9.78 Å². The molecule has 2 rings (SSSR count). The highest BCUT2D eigenvalue weighted by molar-refractivity contribution is 14.0. The molecule has 0 aliphatic heterocycles. The lowest BCUT2D eigenvalue weighted by atomic mass is 9.99. The molecule has 24 heavy (non-hydrogen) atoms. The Morgan fingerprint density at radius 2 is 2.04 bits per heavy atom. The van der Waals surface area contributed by atoms with E-state index in [1.54, 1.807) is 0 Å². The number of hydrogen-bond donors (Lipinski definition) is 2. The van der Waals surface area contributed by atoms with Gasteiger partial charge in [0.05, 0.1) is 6.20 Å². The van der Waals surface area contributed by atoms with Crippen molar-refractivity contribution >= 4 is 35.6 Å². The topological polar surface area (TPSA) is 68.2 Å². The Balaban J connectivity index is 0.00000288. The molecule has 2 aromatic rings. The molecule has 132 valence electrons. The standard InChI is InChI=1S/C18H27N5.HI/c1-4-14(2)16-7-9-17(10-8-16)22-18(19)20-11-5-6-15-12-21-23(3)13-15;/h7-10,12-14H,4-6,11H2,1-3H3,(H3,19,20,22);1H. The first kappa shape index (κ1) is 20.5. The average Bonchev–Trinajstić information content (AvgIpc) is 2.97. The molecule has 0 bridgehead atoms. The van der Waals surface area contributed by atoms with E-state index in [1.165, 1.54) is 11.1 Å². The number of hydrogen-bond acceptors (Lipinski definition) is 2. The fraction of sp³-hybridized carbons (Fsp3) is 0.444. The number of anilines is 1. The number of aromatic nitrogens is 2. The van der Waals surface area contributed by atoms with Gasteiger partial charge in [-0.3, -0.25) is 9.67 Å². The SMILES string of the molecule is CCC(C)c1ccc(NC(N)=NCCCc2cnn(C)c2)cc1.I. The quantitative estimate of drug-likeness (QED) is 0.296. The second kappa shape index (κ2) is 10.3. The van der Waals surface area contributed by atoms with E-state index in [0.29, 0.717) is 18.4 Å². The number of nitrogens with two attached hydrogens (primary N) is 1. The molecular formula is C18H28IN5. The maximum absolute atomic E-state index is 5.94. The molecule has 0 saturated carbocycles. The first-order chi connectivity index (χ1) is 11.1. The summed E-state index contributed by atoms with van der Waals surface area (Å²) in [6.45, 7) is 5.15. The van der Waals surface area contributed by atoms with Gasteiger partial charge in [0.2, 0.25) is 0 Å². The number of nitrogens with zero attached hydrogens (tertiary/aromatic N) is 3. The van der Waals surface area contributed by atoms with Crippen LogP contribution in [0, 0.1) is 0 Å². The summed E-state index contributed by atoms with van der Waals surface area (Å²) in [6.07, 6.45) is 7.00. The van der Waals surface area contributed by atoms with Gasteiger partial charge < -0.3 is 11.1 Å². The van der Waals surface area contributed by atoms with E-state index in [9.17, 15) is 0 Å². The lowest BCUT2D eigenvalue weighted by Crippen LogP contribution is -2.22. The smallest absolute Gasteiger partial charge is 0.193 e. The highest BCUT2D eigenvalue weighted by Gasteiger charge is 2.02. The zero-order chi connectivity index (χ0) is 16.7. The third-order valence-corrected chi connectivity index (χ3v) is 4.03. The maximum atomic E-state index is 5.94. The minimum atomic E-state index is 0. The van der Waals surface area contributed by atoms with Gasteiger partial charge in [-0.1, -0.05) is 26.0 Å². The fourth-order valence-electron chi connectivity index (χ4n) is 2.40. The number of halogens is 1. The summed E-state index contributed by atoms with van der Waals surface area (Å²) in [5.74, 6) is 1.05. The Bertz CT molecular complexity index is 633. The van der Waals surface area contributed by atoms with Crippen molar-refractivity contribution < 1.29 is 0 Å². The van der Waals surface area contributed by atoms with Gasteiger partial charge in [0.15, 0.2) is 5.96 Å². The maximum Gasteiger partial charge on any atom is 0.193 e. The molecule has 6 heteroatoms. The van der Waals surface area contributed by atoms with Crippen LogP contribution < -0.4 is 11.1 Å². The predicted octanol–water partition coefficient (Wildman–Crippen LogP) is 3.91. The van der Waals surface area contributed by atoms with Gasteiger partial charge in [-0.2, -0.15) is 5.10 Å². The van der Waals surface area contributed by atoms with Crippen molar-refractivity contribution in [2.24, 2.45) is 17.8 Å². The van der Waals surface area contributed by atoms with Crippen molar-refractivity contribution in [3.05, 3.63) is 47.8 Å². The molecule has 0 fully saturated rings. The van der Waals surface area contributed by atoms with Crippen LogP contribution in [-0.2, 0) is 13.5 Å². The molecule has 1 aromatic carbocycles. The van der Waals surface area contributed by atoms with E-state index in [0.717, 1.165) is 24.9 Å². The van der Waals surface area contributed by atoms with Crippen molar-refractivity contribution in [2.75, 3.05) is 11.9 Å². The van der Waals surface area contributed by atoms with E-state index in [-0.39, 0.29) is 24.0 Å². The van der Waals surface area contributed by atoms with Crippen LogP contribution >= 0.6 is 24.0 Å². The molecule has 0 saturated heterocycles. The minimum Gasteiger partial charge on any atom is -0.370 e. The molecular weight excluding hydrogens is 413 g/mol. The first-order valence-corrected chi connectivity index (χ1v) is 8.23. The molecule has 0 radical (unpaired) electrons. The Kier molecular flexibility index (Phi) is 8.81. The lowest BCUT2D eigenvalue weighted by Gasteiger charge is -2.10. The van der Waals surface area contributed by atoms with Crippen LogP contribution in [0.5, 0.6) is 0 Å². The number of rotatable bonds is 7. The molecule has 1 aromatic heterocycles. The Hall–Kier alpha value is -1.57. The molecule has 0 aliphatic carbocycles. The van der Waals surface area contributed by atoms with E-state index in [1.807, 2.05) is 24.1 Å². The van der Waals surface area contributed by atoms with Crippen molar-refractivity contribution in [3.8, 4) is 0 Å². The van der Waals surface area contributed by atoms with Crippen LogP contribution in [-0.4, -0.2) is 22.3 Å². The summed E-state index contributed by atoms with van der Waals surface area (Å²) in [6, 6.07) is 8.40. The zero-order valence-corrected chi connectivity index (χ0v) is 17.0. The molecule has 5 nitrogen and oxygen atoms in total. The summed E-state index contributed by atoms with van der Waals surface area (Å²) in [7, 11) is 1.93. The molecule has 1 heterocycles. The number of aliphatic imine (C=N–C) groups is 1. The van der Waals surface area contributed by atoms with Crippen molar-refractivity contribution in [1.29, 1.82) is 0 Å². The van der Waals surface area contributed by atoms with Gasteiger partial charge in [-0.05, 0) is 48.4 Å². The fourth-order valence-corrected chi connectivity index (χ4v) is 2.40. The van der Waals surface area contributed by atoms with Gasteiger partial charge >= 0.3 is 0 Å². The van der Waals surface area contributed by atoms with E-state index >= 15 is 0 Å². The molecule has 0 aliphatic rings. The van der Waals surface area contributed by atoms with E-state index < -0.39 is 0 Å². The second-order valence-corrected chi connectivity index (χ2v) is 5.95. The van der Waals surface area contributed by atoms with Crippen molar-refractivity contribution in [3.63, 3.8) is 0 Å². The molecule has 1 atom stereocenters. The van der Waals surface area contributed by atoms with Crippen LogP contribution in [0.25, 0.3) is 0 Å². The van der Waals surface area contributed by atoms with Crippen molar-refractivity contribution in [2.45, 2.75) is 39.0 Å². The Morgan fingerprint density at radius 3 is 2.62 bits per heavy atom. The van der Waals surface area contributed by atoms with Gasteiger partial charge in [0.25, 0.3) is 0 Å². The van der Waals surface area contributed by atoms with Crippen LogP contribution in [0.15, 0.2) is 41.7 Å². The molecule has 1 unspecified atom stereocenters. The van der Waals surface area contributed by atoms with Gasteiger partial charge in [-0.15, -0.1) is 24.0 Å². The summed E-state index contributed by atoms with van der Waals surface area (Å²) in [4.78, 5) is 4.37. The zero-order valence-electron chi connectivity index (χ0n) is 14.7. The van der Waals surface area contributed by atoms with Gasteiger partial charge in [0.1, 0.15) is 0 Å². The second-order valence-electron chi connectivity index (χ2n) is 5.95. The Labute approximate surface area is 161 Å². The normalized spacial score (nSPS) is 12.5. The summed E-state index contributed by atoms with van der Waals surface area (Å²) in [5.41, 5.74) is 9.50. The largest absolute Gasteiger partial charge is 0.370 e. The highest BCUT2D eigenvalue weighted by atomic mass is 127. The number of aryl methyl sites for hydroxylation is 2. The number of benzene rings is 1. The van der Waals surface area contributed by atoms with Crippen LogP contribution in [0.3, 0.4) is 0 Å². The predicted molar refractivity (Wildman–Crippen MR) is 112 cm³/mol. The van der Waals surface area contributed by atoms with Crippen LogP contribution in [0.2, 0.25) is 0 Å². The third-order valence-electron chi connectivity index (χ3n) is 4.03. The summed E-state index contributed by atoms with van der Waals surface area (Å²) >= 11 is 0. The molecule has 3 N–H and O–H groups in total. The highest BCUT2D eigenvalue weighted by Crippen LogP contribution is 2.20. The van der Waals surface area contributed by atoms with Gasteiger partial charge in [0, 0.05) is 25.5 Å². The number of guanidine groups is 1. The van der Waals surface area contributed by atoms with Crippen LogP contribution in [0.4, 0.5) is 5.69 Å². The first-order valence-electron chi connectivity index (χ1n) is 8.23. The summed E-state index contributed by atoms with van der Waals surface area (Å²) < 4.78 is 1.82.